The molecule has 0 aromatic heterocycles. The van der Waals surface area contributed by atoms with Crippen molar-refractivity contribution in [2.75, 3.05) is 0 Å². The molecule has 0 heterocycles. The first-order chi connectivity index (χ1) is 11.5. The Morgan fingerprint density at radius 1 is 0.875 bits per heavy atom. The minimum absolute atomic E-state index is 0.0137. The second kappa shape index (κ2) is 7.07. The molecule has 1 aliphatic carbocycles. The molecule has 0 saturated heterocycles. The van der Waals surface area contributed by atoms with Gasteiger partial charge < -0.3 is 4.57 Å². The molecule has 1 unspecified atom stereocenters. The minimum Gasteiger partial charge on any atom is -0.310 e. The van der Waals surface area contributed by atoms with Crippen LogP contribution in [-0.4, -0.2) is 11.2 Å². The molecule has 1 saturated carbocycles. The van der Waals surface area contributed by atoms with Gasteiger partial charge in [-0.05, 0) is 37.8 Å². The lowest BCUT2D eigenvalue weighted by atomic mass is 10.0. The molecule has 2 aromatic rings. The molecular weight excluding hydrogens is 315 g/mol. The normalized spacial score (nSPS) is 18.1. The quantitative estimate of drug-likeness (QED) is 0.692. The van der Waals surface area contributed by atoms with E-state index in [9.17, 15) is 9.36 Å². The van der Waals surface area contributed by atoms with Crippen LogP contribution in [0.5, 0.6) is 0 Å². The largest absolute Gasteiger partial charge is 0.310 e. The predicted molar refractivity (Wildman–Crippen MR) is 101 cm³/mol. The van der Waals surface area contributed by atoms with Gasteiger partial charge in [-0.15, -0.1) is 0 Å². The summed E-state index contributed by atoms with van der Waals surface area (Å²) < 4.78 is 14.2. The maximum absolute atomic E-state index is 14.2. The van der Waals surface area contributed by atoms with Crippen molar-refractivity contribution in [3.05, 3.63) is 65.2 Å². The van der Waals surface area contributed by atoms with E-state index >= 15 is 0 Å². The van der Waals surface area contributed by atoms with E-state index in [1.54, 1.807) is 0 Å². The van der Waals surface area contributed by atoms with Gasteiger partial charge >= 0.3 is 0 Å². The summed E-state index contributed by atoms with van der Waals surface area (Å²) >= 11 is 0. The first-order valence-electron chi connectivity index (χ1n) is 8.81. The van der Waals surface area contributed by atoms with Crippen LogP contribution in [0.25, 0.3) is 0 Å². The highest BCUT2D eigenvalue weighted by Gasteiger charge is 2.43. The van der Waals surface area contributed by atoms with Crippen LogP contribution in [-0.2, 0) is 4.57 Å². The SMILES string of the molecule is Cc1cccc(C)c1C(=O)P(=O)(c1ccccc1)C1CCCCC1. The van der Waals surface area contributed by atoms with Crippen LogP contribution in [0.1, 0.15) is 53.6 Å². The van der Waals surface area contributed by atoms with Crippen molar-refractivity contribution >= 4 is 18.0 Å². The van der Waals surface area contributed by atoms with Gasteiger partial charge in [-0.25, -0.2) is 0 Å². The van der Waals surface area contributed by atoms with Crippen LogP contribution in [0, 0.1) is 13.8 Å². The summed E-state index contributed by atoms with van der Waals surface area (Å²) in [5, 5.41) is 0.726. The molecule has 0 bridgehead atoms. The summed E-state index contributed by atoms with van der Waals surface area (Å²) in [6.45, 7) is 3.88. The Morgan fingerprint density at radius 3 is 2.04 bits per heavy atom. The summed E-state index contributed by atoms with van der Waals surface area (Å²) in [5.41, 5.74) is 2.35. The Balaban J connectivity index is 2.15. The van der Waals surface area contributed by atoms with Gasteiger partial charge in [0.15, 0.2) is 7.14 Å². The number of rotatable bonds is 4. The molecule has 3 rings (SSSR count). The molecule has 2 nitrogen and oxygen atoms in total. The lowest BCUT2D eigenvalue weighted by Crippen LogP contribution is -2.26. The molecule has 2 aromatic carbocycles. The molecule has 0 spiro atoms. The van der Waals surface area contributed by atoms with E-state index in [1.165, 1.54) is 6.42 Å². The lowest BCUT2D eigenvalue weighted by Gasteiger charge is -2.30. The van der Waals surface area contributed by atoms with Gasteiger partial charge in [0.1, 0.15) is 0 Å². The van der Waals surface area contributed by atoms with E-state index in [2.05, 4.69) is 0 Å². The standard InChI is InChI=1S/C21H25O2P/c1-16-10-9-11-17(2)20(16)21(22)24(23,18-12-5-3-6-13-18)19-14-7-4-8-15-19/h3,5-6,9-13,19H,4,7-8,14-15H2,1-2H3. The number of hydrogen-bond acceptors (Lipinski definition) is 2. The maximum atomic E-state index is 14.2. The molecule has 1 atom stereocenters. The van der Waals surface area contributed by atoms with E-state index in [4.69, 9.17) is 0 Å². The fourth-order valence-electron chi connectivity index (χ4n) is 3.91. The topological polar surface area (TPSA) is 34.1 Å². The first kappa shape index (κ1) is 17.2. The maximum Gasteiger partial charge on any atom is 0.226 e. The molecular formula is C21H25O2P. The summed E-state index contributed by atoms with van der Waals surface area (Å²) in [4.78, 5) is 13.5. The van der Waals surface area contributed by atoms with Crippen LogP contribution in [0.2, 0.25) is 0 Å². The number of carbonyl (C=O) groups excluding carboxylic acids is 1. The average molecular weight is 340 g/mol. The van der Waals surface area contributed by atoms with Crippen molar-refractivity contribution < 1.29 is 9.36 Å². The third-order valence-electron chi connectivity index (χ3n) is 5.23. The van der Waals surface area contributed by atoms with Gasteiger partial charge in [0.05, 0.1) is 0 Å². The Kier molecular flexibility index (Phi) is 5.06. The first-order valence-corrected chi connectivity index (χ1v) is 10.6. The number of hydrogen-bond donors (Lipinski definition) is 0. The second-order valence-corrected chi connectivity index (χ2v) is 9.83. The number of benzene rings is 2. The van der Waals surface area contributed by atoms with Gasteiger partial charge in [-0.1, -0.05) is 67.8 Å². The summed E-state index contributed by atoms with van der Waals surface area (Å²) in [6.07, 6.45) is 5.11. The Hall–Kier alpha value is -1.66. The second-order valence-electron chi connectivity index (χ2n) is 6.86. The molecule has 1 aliphatic rings. The van der Waals surface area contributed by atoms with Crippen molar-refractivity contribution in [3.63, 3.8) is 0 Å². The smallest absolute Gasteiger partial charge is 0.226 e. The van der Waals surface area contributed by atoms with E-state index in [1.807, 2.05) is 62.4 Å². The number of aryl methyl sites for hydroxylation is 2. The molecule has 126 valence electrons. The summed E-state index contributed by atoms with van der Waals surface area (Å²) in [6, 6.07) is 15.3. The van der Waals surface area contributed by atoms with Crippen LogP contribution in [0.15, 0.2) is 48.5 Å². The van der Waals surface area contributed by atoms with Crippen LogP contribution < -0.4 is 5.30 Å². The van der Waals surface area contributed by atoms with E-state index in [0.717, 1.165) is 42.1 Å². The van der Waals surface area contributed by atoms with Gasteiger partial charge in [-0.2, -0.15) is 0 Å². The average Bonchev–Trinajstić information content (AvgIpc) is 2.62. The Labute approximate surface area is 144 Å². The molecule has 0 amide bonds. The fourth-order valence-corrected chi connectivity index (χ4v) is 7.29. The van der Waals surface area contributed by atoms with E-state index < -0.39 is 7.14 Å². The highest BCUT2D eigenvalue weighted by molar-refractivity contribution is 7.88. The zero-order valence-corrected chi connectivity index (χ0v) is 15.4. The molecule has 0 radical (unpaired) electrons. The van der Waals surface area contributed by atoms with Crippen molar-refractivity contribution in [3.8, 4) is 0 Å². The van der Waals surface area contributed by atoms with Crippen molar-refractivity contribution in [2.45, 2.75) is 51.6 Å². The van der Waals surface area contributed by atoms with E-state index in [-0.39, 0.29) is 11.2 Å². The monoisotopic (exact) mass is 340 g/mol. The Morgan fingerprint density at radius 2 is 1.46 bits per heavy atom. The molecule has 3 heteroatoms. The highest BCUT2D eigenvalue weighted by Crippen LogP contribution is 2.57. The molecule has 24 heavy (non-hydrogen) atoms. The fraction of sp³-hybridized carbons (Fsp3) is 0.381. The van der Waals surface area contributed by atoms with Crippen LogP contribution in [0.4, 0.5) is 0 Å². The van der Waals surface area contributed by atoms with Gasteiger partial charge in [0, 0.05) is 16.5 Å². The summed E-state index contributed by atoms with van der Waals surface area (Å²) in [7, 11) is -3.15. The van der Waals surface area contributed by atoms with Crippen molar-refractivity contribution in [1.29, 1.82) is 0 Å². The van der Waals surface area contributed by atoms with Crippen LogP contribution in [0.3, 0.4) is 0 Å². The lowest BCUT2D eigenvalue weighted by molar-refractivity contribution is 0.107. The zero-order valence-electron chi connectivity index (χ0n) is 14.5. The van der Waals surface area contributed by atoms with Crippen LogP contribution >= 0.6 is 7.14 Å². The third-order valence-corrected chi connectivity index (χ3v) is 8.66. The molecule has 0 N–H and O–H groups in total. The summed E-state index contributed by atoms with van der Waals surface area (Å²) in [5.74, 6) is 0. The van der Waals surface area contributed by atoms with Crippen molar-refractivity contribution in [1.82, 2.24) is 0 Å². The molecule has 0 aliphatic heterocycles. The highest BCUT2D eigenvalue weighted by atomic mass is 31.2. The Bertz CT molecular complexity index is 753. The number of carbonyl (C=O) groups is 1. The minimum atomic E-state index is -3.15. The van der Waals surface area contributed by atoms with Crippen molar-refractivity contribution in [2.24, 2.45) is 0 Å². The predicted octanol–water partition coefficient (Wildman–Crippen LogP) is 5.46. The van der Waals surface area contributed by atoms with Gasteiger partial charge in [0.25, 0.3) is 0 Å². The molecule has 1 fully saturated rings. The van der Waals surface area contributed by atoms with Gasteiger partial charge in [-0.3, -0.25) is 4.79 Å². The zero-order chi connectivity index (χ0) is 17.2. The third kappa shape index (κ3) is 3.00. The van der Waals surface area contributed by atoms with Gasteiger partial charge in [0.2, 0.25) is 5.52 Å². The van der Waals surface area contributed by atoms with E-state index in [0.29, 0.717) is 5.56 Å².